The molecule has 0 atom stereocenters. The van der Waals surface area contributed by atoms with Gasteiger partial charge in [0.05, 0.1) is 10.2 Å². The lowest BCUT2D eigenvalue weighted by molar-refractivity contribution is -0.137. The predicted molar refractivity (Wildman–Crippen MR) is 90.0 cm³/mol. The van der Waals surface area contributed by atoms with Crippen LogP contribution in [-0.2, 0) is 6.18 Å². The van der Waals surface area contributed by atoms with Crippen LogP contribution in [0.2, 0.25) is 0 Å². The number of benzene rings is 2. The van der Waals surface area contributed by atoms with E-state index >= 15 is 0 Å². The van der Waals surface area contributed by atoms with Crippen molar-refractivity contribution in [2.75, 3.05) is 18.5 Å². The Balaban J connectivity index is 1.58. The summed E-state index contributed by atoms with van der Waals surface area (Å²) in [5, 5.41) is 1.76. The van der Waals surface area contributed by atoms with Gasteiger partial charge in [-0.25, -0.2) is 4.98 Å². The Kier molecular flexibility index (Phi) is 3.95. The summed E-state index contributed by atoms with van der Waals surface area (Å²) >= 11 is 0.508. The van der Waals surface area contributed by atoms with Gasteiger partial charge in [0.25, 0.3) is 5.91 Å². The van der Waals surface area contributed by atoms with Crippen LogP contribution in [0.5, 0.6) is 11.5 Å². The summed E-state index contributed by atoms with van der Waals surface area (Å²) in [5.74, 6) is 0.687. The molecule has 0 unspecified atom stereocenters. The zero-order valence-corrected chi connectivity index (χ0v) is 13.9. The lowest BCUT2D eigenvalue weighted by Crippen LogP contribution is -2.16. The fourth-order valence-corrected chi connectivity index (χ4v) is 3.38. The van der Waals surface area contributed by atoms with Crippen molar-refractivity contribution in [1.29, 1.82) is 0 Å². The van der Waals surface area contributed by atoms with E-state index < -0.39 is 17.1 Å². The number of carbonyl (C=O) groups is 1. The van der Waals surface area contributed by atoms with E-state index in [0.717, 1.165) is 0 Å². The number of hydrogen-bond acceptors (Lipinski definition) is 5. The summed E-state index contributed by atoms with van der Waals surface area (Å²) in [6.45, 7) is 0.890. The van der Waals surface area contributed by atoms with Crippen molar-refractivity contribution < 1.29 is 27.4 Å². The van der Waals surface area contributed by atoms with Gasteiger partial charge < -0.3 is 14.8 Å². The first-order valence-electron chi connectivity index (χ1n) is 7.59. The highest BCUT2D eigenvalue weighted by atomic mass is 32.1. The van der Waals surface area contributed by atoms with Crippen LogP contribution in [0.1, 0.15) is 15.4 Å². The van der Waals surface area contributed by atoms with Gasteiger partial charge in [0.1, 0.15) is 13.2 Å². The Morgan fingerprint density at radius 2 is 1.85 bits per heavy atom. The molecule has 0 saturated heterocycles. The third-order valence-corrected chi connectivity index (χ3v) is 4.76. The smallest absolute Gasteiger partial charge is 0.443 e. The third-order valence-electron chi connectivity index (χ3n) is 3.69. The zero-order chi connectivity index (χ0) is 18.3. The average molecular weight is 380 g/mol. The Labute approximate surface area is 149 Å². The number of aromatic nitrogens is 1. The van der Waals surface area contributed by atoms with E-state index in [-0.39, 0.29) is 11.1 Å². The Bertz CT molecular complexity index is 1000. The molecular weight excluding hydrogens is 369 g/mol. The molecule has 1 aromatic heterocycles. The van der Waals surface area contributed by atoms with Gasteiger partial charge in [-0.2, -0.15) is 13.2 Å². The summed E-state index contributed by atoms with van der Waals surface area (Å²) in [6, 6.07) is 9.23. The highest BCUT2D eigenvalue weighted by molar-refractivity contribution is 7.18. The molecule has 1 aliphatic rings. The summed E-state index contributed by atoms with van der Waals surface area (Å²) in [5.41, 5.74) is 0.947. The van der Waals surface area contributed by atoms with Gasteiger partial charge in [0.15, 0.2) is 16.5 Å². The minimum atomic E-state index is -4.50. The second-order valence-corrected chi connectivity index (χ2v) is 6.54. The normalized spacial score (nSPS) is 13.7. The largest absolute Gasteiger partial charge is 0.486 e. The second kappa shape index (κ2) is 6.17. The van der Waals surface area contributed by atoms with Crippen molar-refractivity contribution in [2.24, 2.45) is 0 Å². The highest BCUT2D eigenvalue weighted by Crippen LogP contribution is 2.36. The summed E-state index contributed by atoms with van der Waals surface area (Å²) in [4.78, 5) is 16.0. The van der Waals surface area contributed by atoms with E-state index in [0.29, 0.717) is 46.4 Å². The van der Waals surface area contributed by atoms with Gasteiger partial charge in [0.2, 0.25) is 0 Å². The maximum atomic E-state index is 12.8. The Hall–Kier alpha value is -2.81. The van der Waals surface area contributed by atoms with Gasteiger partial charge in [-0.1, -0.05) is 0 Å². The molecule has 0 aliphatic carbocycles. The summed E-state index contributed by atoms with van der Waals surface area (Å²) in [7, 11) is 0. The molecule has 0 bridgehead atoms. The second-order valence-electron chi connectivity index (χ2n) is 5.51. The molecule has 1 aliphatic heterocycles. The number of nitrogens with one attached hydrogen (secondary N) is 1. The van der Waals surface area contributed by atoms with Gasteiger partial charge in [-0.15, -0.1) is 11.3 Å². The lowest BCUT2D eigenvalue weighted by atomic mass is 10.2. The first-order chi connectivity index (χ1) is 12.4. The van der Waals surface area contributed by atoms with Crippen molar-refractivity contribution >= 4 is 33.1 Å². The van der Waals surface area contributed by atoms with Gasteiger partial charge in [-0.3, -0.25) is 4.79 Å². The molecule has 0 saturated carbocycles. The number of ether oxygens (including phenoxy) is 2. The fraction of sp³-hybridized carbons (Fsp3) is 0.176. The van der Waals surface area contributed by atoms with Crippen LogP contribution in [-0.4, -0.2) is 24.1 Å². The van der Waals surface area contributed by atoms with E-state index in [9.17, 15) is 18.0 Å². The van der Waals surface area contributed by atoms with Crippen LogP contribution < -0.4 is 14.8 Å². The van der Waals surface area contributed by atoms with Crippen LogP contribution in [0.25, 0.3) is 10.2 Å². The number of alkyl halides is 3. The molecule has 3 aromatic rings. The Morgan fingerprint density at radius 1 is 1.08 bits per heavy atom. The number of anilines is 1. The van der Waals surface area contributed by atoms with Crippen LogP contribution in [0.4, 0.5) is 18.9 Å². The van der Waals surface area contributed by atoms with Crippen molar-refractivity contribution in [3.8, 4) is 11.5 Å². The Morgan fingerprint density at radius 3 is 2.62 bits per heavy atom. The molecule has 0 fully saturated rings. The number of rotatable bonds is 2. The maximum absolute atomic E-state index is 12.8. The van der Waals surface area contributed by atoms with Crippen LogP contribution in [0.3, 0.4) is 0 Å². The molecule has 26 heavy (non-hydrogen) atoms. The van der Waals surface area contributed by atoms with E-state index in [1.54, 1.807) is 18.2 Å². The van der Waals surface area contributed by atoms with Gasteiger partial charge >= 0.3 is 6.18 Å². The lowest BCUT2D eigenvalue weighted by Gasteiger charge is -2.19. The van der Waals surface area contributed by atoms with Gasteiger partial charge in [0, 0.05) is 17.3 Å². The highest BCUT2D eigenvalue weighted by Gasteiger charge is 2.35. The molecule has 2 aromatic carbocycles. The quantitative estimate of drug-likeness (QED) is 0.719. The summed E-state index contributed by atoms with van der Waals surface area (Å²) in [6.07, 6.45) is -4.50. The predicted octanol–water partition coefficient (Wildman–Crippen LogP) is 4.34. The maximum Gasteiger partial charge on any atom is 0.443 e. The van der Waals surface area contributed by atoms with Crippen LogP contribution in [0, 0.1) is 0 Å². The monoisotopic (exact) mass is 380 g/mol. The first-order valence-corrected chi connectivity index (χ1v) is 8.40. The molecule has 0 radical (unpaired) electrons. The number of carbonyl (C=O) groups excluding carboxylic acids is 1. The van der Waals surface area contributed by atoms with Crippen LogP contribution >= 0.6 is 11.3 Å². The number of hydrogen-bond donors (Lipinski definition) is 1. The van der Waals surface area contributed by atoms with E-state index in [4.69, 9.17) is 9.47 Å². The standard InChI is InChI=1S/C17H11F3N2O3S/c18-17(19,20)16-22-11-3-1-9(7-14(11)26-16)15(23)21-10-2-4-12-13(8-10)25-6-5-24-12/h1-4,7-8H,5-6H2,(H,21,23). The number of nitrogens with zero attached hydrogens (tertiary/aromatic N) is 1. The molecule has 9 heteroatoms. The first kappa shape index (κ1) is 16.6. The third kappa shape index (κ3) is 3.17. The number of amides is 1. The zero-order valence-electron chi connectivity index (χ0n) is 13.1. The molecule has 0 spiro atoms. The molecule has 4 rings (SSSR count). The number of halogens is 3. The minimum Gasteiger partial charge on any atom is -0.486 e. The van der Waals surface area contributed by atoms with E-state index in [1.165, 1.54) is 18.2 Å². The average Bonchev–Trinajstić information content (AvgIpc) is 3.05. The summed E-state index contributed by atoms with van der Waals surface area (Å²) < 4.78 is 49.4. The van der Waals surface area contributed by atoms with Gasteiger partial charge in [-0.05, 0) is 30.3 Å². The van der Waals surface area contributed by atoms with E-state index in [2.05, 4.69) is 10.3 Å². The SMILES string of the molecule is O=C(Nc1ccc2c(c1)OCCO2)c1ccc2nc(C(F)(F)F)sc2c1. The number of fused-ring (bicyclic) bond motifs is 2. The molecule has 1 N–H and O–H groups in total. The fourth-order valence-electron chi connectivity index (χ4n) is 2.51. The molecular formula is C17H11F3N2O3S. The van der Waals surface area contributed by atoms with E-state index in [1.807, 2.05) is 0 Å². The molecule has 2 heterocycles. The van der Waals surface area contributed by atoms with Crippen molar-refractivity contribution in [3.05, 3.63) is 47.0 Å². The molecule has 134 valence electrons. The topological polar surface area (TPSA) is 60.5 Å². The minimum absolute atomic E-state index is 0.207. The van der Waals surface area contributed by atoms with Crippen LogP contribution in [0.15, 0.2) is 36.4 Å². The van der Waals surface area contributed by atoms with Crippen molar-refractivity contribution in [3.63, 3.8) is 0 Å². The molecule has 1 amide bonds. The van der Waals surface area contributed by atoms with Crippen molar-refractivity contribution in [2.45, 2.75) is 6.18 Å². The van der Waals surface area contributed by atoms with Crippen molar-refractivity contribution in [1.82, 2.24) is 4.98 Å². The molecule has 5 nitrogen and oxygen atoms in total. The number of thiazole rings is 1.